The smallest absolute Gasteiger partial charge is 0.306 e. The Morgan fingerprint density at radius 2 is 1.78 bits per heavy atom. The highest BCUT2D eigenvalue weighted by molar-refractivity contribution is 7.92. The molecule has 8 heteroatoms. The van der Waals surface area contributed by atoms with Gasteiger partial charge in [-0.25, -0.2) is 8.42 Å². The van der Waals surface area contributed by atoms with E-state index < -0.39 is 27.8 Å². The van der Waals surface area contributed by atoms with E-state index in [1.165, 1.54) is 24.3 Å². The average Bonchev–Trinajstić information content (AvgIpc) is 2.57. The zero-order valence-electron chi connectivity index (χ0n) is 14.7. The van der Waals surface area contributed by atoms with Crippen molar-refractivity contribution in [2.75, 3.05) is 4.72 Å². The molecule has 142 valence electrons. The molecule has 1 saturated carbocycles. The summed E-state index contributed by atoms with van der Waals surface area (Å²) in [4.78, 5) is 23.1. The van der Waals surface area contributed by atoms with Crippen molar-refractivity contribution in [1.29, 1.82) is 0 Å². The molecule has 1 amide bonds. The van der Waals surface area contributed by atoms with E-state index in [-0.39, 0.29) is 16.5 Å². The number of anilines is 1. The molecular weight excluding hydrogens is 368 g/mol. The Bertz CT molecular complexity index is 981. The maximum Gasteiger partial charge on any atom is 0.306 e. The van der Waals surface area contributed by atoms with Crippen LogP contribution in [0.2, 0.25) is 0 Å². The SMILES string of the molecule is Cc1cccc(NS(=O)(=O)c2cccc(C(=O)NC3CC(C(=O)O)C3)c2)c1. The molecule has 0 unspecified atom stereocenters. The van der Waals surface area contributed by atoms with E-state index in [9.17, 15) is 18.0 Å². The van der Waals surface area contributed by atoms with Crippen LogP contribution < -0.4 is 10.0 Å². The van der Waals surface area contributed by atoms with E-state index in [1.54, 1.807) is 18.2 Å². The van der Waals surface area contributed by atoms with Gasteiger partial charge in [-0.15, -0.1) is 0 Å². The molecule has 1 aliphatic carbocycles. The first-order chi connectivity index (χ1) is 12.7. The van der Waals surface area contributed by atoms with E-state index in [4.69, 9.17) is 5.11 Å². The van der Waals surface area contributed by atoms with Crippen LogP contribution in [-0.2, 0) is 14.8 Å². The summed E-state index contributed by atoms with van der Waals surface area (Å²) in [5.74, 6) is -1.72. The molecule has 0 bridgehead atoms. The molecule has 3 N–H and O–H groups in total. The van der Waals surface area contributed by atoms with Crippen molar-refractivity contribution >= 4 is 27.6 Å². The van der Waals surface area contributed by atoms with Crippen LogP contribution >= 0.6 is 0 Å². The minimum Gasteiger partial charge on any atom is -0.481 e. The van der Waals surface area contributed by atoms with Gasteiger partial charge in [0.2, 0.25) is 0 Å². The molecule has 27 heavy (non-hydrogen) atoms. The highest BCUT2D eigenvalue weighted by Crippen LogP contribution is 2.27. The van der Waals surface area contributed by atoms with Gasteiger partial charge in [0, 0.05) is 17.3 Å². The van der Waals surface area contributed by atoms with Crippen molar-refractivity contribution < 1.29 is 23.1 Å². The average molecular weight is 388 g/mol. The van der Waals surface area contributed by atoms with Gasteiger partial charge in [-0.1, -0.05) is 18.2 Å². The normalized spacial score (nSPS) is 19.0. The number of carbonyl (C=O) groups is 2. The minimum absolute atomic E-state index is 0.0197. The Balaban J connectivity index is 1.71. The number of carboxylic acids is 1. The van der Waals surface area contributed by atoms with Crippen LogP contribution in [0, 0.1) is 12.8 Å². The molecule has 0 spiro atoms. The molecule has 1 aliphatic rings. The molecule has 0 heterocycles. The van der Waals surface area contributed by atoms with Crippen molar-refractivity contribution in [3.63, 3.8) is 0 Å². The molecule has 1 fully saturated rings. The first kappa shape index (κ1) is 18.9. The van der Waals surface area contributed by atoms with Crippen molar-refractivity contribution in [3.8, 4) is 0 Å². The first-order valence-corrected chi connectivity index (χ1v) is 9.96. The van der Waals surface area contributed by atoms with E-state index in [2.05, 4.69) is 10.0 Å². The van der Waals surface area contributed by atoms with Crippen LogP contribution in [0.25, 0.3) is 0 Å². The standard InChI is InChI=1S/C19H20N2O5S/c1-12-4-2-6-15(8-12)21-27(25,26)17-7-3-5-13(11-17)18(22)20-16-9-14(10-16)19(23)24/h2-8,11,14,16,21H,9-10H2,1H3,(H,20,22)(H,23,24). The van der Waals surface area contributed by atoms with E-state index in [0.29, 0.717) is 18.5 Å². The lowest BCUT2D eigenvalue weighted by atomic mass is 9.80. The quantitative estimate of drug-likeness (QED) is 0.703. The number of hydrogen-bond donors (Lipinski definition) is 3. The van der Waals surface area contributed by atoms with Gasteiger partial charge in [-0.05, 0) is 55.7 Å². The minimum atomic E-state index is -3.83. The second kappa shape index (κ2) is 7.40. The van der Waals surface area contributed by atoms with Gasteiger partial charge >= 0.3 is 5.97 Å². The Hall–Kier alpha value is -2.87. The fourth-order valence-electron chi connectivity index (χ4n) is 2.93. The van der Waals surface area contributed by atoms with Crippen molar-refractivity contribution in [3.05, 3.63) is 59.7 Å². The summed E-state index contributed by atoms with van der Waals surface area (Å²) in [5.41, 5.74) is 1.57. The lowest BCUT2D eigenvalue weighted by Crippen LogP contribution is -2.46. The van der Waals surface area contributed by atoms with Crippen LogP contribution in [0.1, 0.15) is 28.8 Å². The number of amides is 1. The third kappa shape index (κ3) is 4.46. The topological polar surface area (TPSA) is 113 Å². The van der Waals surface area contributed by atoms with Gasteiger partial charge in [-0.2, -0.15) is 0 Å². The van der Waals surface area contributed by atoms with Crippen LogP contribution in [0.15, 0.2) is 53.4 Å². The largest absolute Gasteiger partial charge is 0.481 e. The monoisotopic (exact) mass is 388 g/mol. The fraction of sp³-hybridized carbons (Fsp3) is 0.263. The number of benzene rings is 2. The predicted octanol–water partition coefficient (Wildman–Crippen LogP) is 2.39. The molecule has 2 aromatic rings. The molecule has 0 aromatic heterocycles. The summed E-state index contributed by atoms with van der Waals surface area (Å²) in [6, 6.07) is 12.5. The molecule has 7 nitrogen and oxygen atoms in total. The Morgan fingerprint density at radius 3 is 2.44 bits per heavy atom. The Kier molecular flexibility index (Phi) is 5.18. The van der Waals surface area contributed by atoms with Crippen LogP contribution in [0.5, 0.6) is 0 Å². The summed E-state index contributed by atoms with van der Waals surface area (Å²) in [7, 11) is -3.83. The van der Waals surface area contributed by atoms with Gasteiger partial charge in [-0.3, -0.25) is 14.3 Å². The highest BCUT2D eigenvalue weighted by atomic mass is 32.2. The third-order valence-electron chi connectivity index (χ3n) is 4.50. The summed E-state index contributed by atoms with van der Waals surface area (Å²) in [5, 5.41) is 11.6. The lowest BCUT2D eigenvalue weighted by molar-refractivity contribution is -0.145. The molecule has 0 aliphatic heterocycles. The van der Waals surface area contributed by atoms with Crippen molar-refractivity contribution in [1.82, 2.24) is 5.32 Å². The number of aryl methyl sites for hydroxylation is 1. The lowest BCUT2D eigenvalue weighted by Gasteiger charge is -2.32. The molecular formula is C19H20N2O5S. The molecule has 3 rings (SSSR count). The molecule has 0 radical (unpaired) electrons. The number of rotatable bonds is 6. The Morgan fingerprint density at radius 1 is 1.07 bits per heavy atom. The van der Waals surface area contributed by atoms with Crippen LogP contribution in [0.4, 0.5) is 5.69 Å². The van der Waals surface area contributed by atoms with E-state index in [0.717, 1.165) is 5.56 Å². The van der Waals surface area contributed by atoms with Gasteiger partial charge in [0.25, 0.3) is 15.9 Å². The van der Waals surface area contributed by atoms with Crippen LogP contribution in [-0.4, -0.2) is 31.4 Å². The van der Waals surface area contributed by atoms with Crippen LogP contribution in [0.3, 0.4) is 0 Å². The summed E-state index contributed by atoms with van der Waals surface area (Å²) in [6.45, 7) is 1.86. The second-order valence-corrected chi connectivity index (χ2v) is 8.36. The van der Waals surface area contributed by atoms with E-state index >= 15 is 0 Å². The van der Waals surface area contributed by atoms with Gasteiger partial charge in [0.1, 0.15) is 0 Å². The van der Waals surface area contributed by atoms with Crippen molar-refractivity contribution in [2.45, 2.75) is 30.7 Å². The molecule has 0 atom stereocenters. The highest BCUT2D eigenvalue weighted by Gasteiger charge is 2.35. The number of nitrogens with one attached hydrogen (secondary N) is 2. The number of aliphatic carboxylic acids is 1. The number of hydrogen-bond acceptors (Lipinski definition) is 4. The molecule has 2 aromatic carbocycles. The predicted molar refractivity (Wildman–Crippen MR) is 100 cm³/mol. The summed E-state index contributed by atoms with van der Waals surface area (Å²) >= 11 is 0. The zero-order chi connectivity index (χ0) is 19.6. The maximum absolute atomic E-state index is 12.6. The number of carbonyl (C=O) groups excluding carboxylic acids is 1. The summed E-state index contributed by atoms with van der Waals surface area (Å²) in [6.07, 6.45) is 0.766. The van der Waals surface area contributed by atoms with Gasteiger partial charge in [0.15, 0.2) is 0 Å². The van der Waals surface area contributed by atoms with E-state index in [1.807, 2.05) is 13.0 Å². The first-order valence-electron chi connectivity index (χ1n) is 8.48. The zero-order valence-corrected chi connectivity index (χ0v) is 15.5. The second-order valence-electron chi connectivity index (χ2n) is 6.68. The Labute approximate surface area is 157 Å². The number of sulfonamides is 1. The van der Waals surface area contributed by atoms with Gasteiger partial charge < -0.3 is 10.4 Å². The third-order valence-corrected chi connectivity index (χ3v) is 5.88. The summed E-state index contributed by atoms with van der Waals surface area (Å²) < 4.78 is 27.7. The maximum atomic E-state index is 12.6. The van der Waals surface area contributed by atoms with Gasteiger partial charge in [0.05, 0.1) is 10.8 Å². The number of carboxylic acid groups (broad SMARTS) is 1. The fourth-order valence-corrected chi connectivity index (χ4v) is 4.03. The van der Waals surface area contributed by atoms with Crippen molar-refractivity contribution in [2.24, 2.45) is 5.92 Å². The molecule has 0 saturated heterocycles.